The van der Waals surface area contributed by atoms with Crippen molar-refractivity contribution < 1.29 is 0 Å². The molecule has 0 radical (unpaired) electrons. The Morgan fingerprint density at radius 3 is 3.00 bits per heavy atom. The molecule has 1 aliphatic rings. The summed E-state index contributed by atoms with van der Waals surface area (Å²) in [6, 6.07) is 0. The Balaban J connectivity index is 2.32. The fourth-order valence-corrected chi connectivity index (χ4v) is 0.968. The predicted octanol–water partition coefficient (Wildman–Crippen LogP) is 0.295. The Morgan fingerprint density at radius 2 is 2.80 bits per heavy atom. The van der Waals surface area contributed by atoms with E-state index in [2.05, 4.69) is 11.1 Å². The Labute approximate surface area is 33.2 Å². The van der Waals surface area contributed by atoms with Gasteiger partial charge in [-0.15, -0.1) is 0 Å². The minimum absolute atomic E-state index is 1.11. The first-order valence-corrected chi connectivity index (χ1v) is 2.84. The van der Waals surface area contributed by atoms with Gasteiger partial charge in [0.2, 0.25) is 0 Å². The first kappa shape index (κ1) is 3.32. The van der Waals surface area contributed by atoms with Crippen LogP contribution in [-0.2, 0) is 0 Å². The normalized spacial score (nSPS) is 24.0. The molecule has 0 bridgehead atoms. The van der Waals surface area contributed by atoms with Crippen LogP contribution < -0.4 is 5.32 Å². The molecule has 0 amide bonds. The van der Waals surface area contributed by atoms with Crippen LogP contribution in [0.1, 0.15) is 0 Å². The molecule has 28 valence electrons. The minimum Gasteiger partial charge on any atom is -0.305 e. The second kappa shape index (κ2) is 1.54. The molecule has 0 spiro atoms. The molecule has 0 aromatic carbocycles. The zero-order valence-corrected chi connectivity index (χ0v) is 3.83. The van der Waals surface area contributed by atoms with Crippen LogP contribution in [0.5, 0.6) is 0 Å². The van der Waals surface area contributed by atoms with Crippen LogP contribution in [0.2, 0.25) is 0 Å². The van der Waals surface area contributed by atoms with Gasteiger partial charge in [-0.1, -0.05) is 8.20 Å². The molecule has 0 saturated heterocycles. The molecule has 0 aromatic heterocycles. The van der Waals surface area contributed by atoms with E-state index in [0.29, 0.717) is 0 Å². The summed E-state index contributed by atoms with van der Waals surface area (Å²) < 4.78 is 0. The van der Waals surface area contributed by atoms with Gasteiger partial charge in [0.25, 0.3) is 0 Å². The third-order valence-corrected chi connectivity index (χ3v) is 1.41. The Kier molecular flexibility index (Phi) is 1.02. The maximum atomic E-state index is 3.15. The molecule has 0 aromatic rings. The fourth-order valence-electron chi connectivity index (χ4n) is 0.323. The summed E-state index contributed by atoms with van der Waals surface area (Å²) in [5, 5.41) is 3.15. The zero-order chi connectivity index (χ0) is 3.54. The molecule has 0 unspecified atom stereocenters. The molecule has 1 N–H and O–H groups in total. The average Bonchev–Trinajstić information content (AvgIpc) is 1.76. The van der Waals surface area contributed by atoms with E-state index in [1.54, 1.807) is 0 Å². The van der Waals surface area contributed by atoms with E-state index in [0.717, 1.165) is 6.54 Å². The Morgan fingerprint density at radius 1 is 1.80 bits per heavy atom. The van der Waals surface area contributed by atoms with E-state index in [4.69, 9.17) is 0 Å². The second-order valence-corrected chi connectivity index (χ2v) is 2.02. The third kappa shape index (κ3) is 0.712. The molecule has 0 atom stereocenters. The van der Waals surface area contributed by atoms with Crippen molar-refractivity contribution in [2.75, 3.05) is 12.8 Å². The Hall–Kier alpha value is 0.130. The third-order valence-electron chi connectivity index (χ3n) is 0.568. The lowest BCUT2D eigenvalue weighted by Gasteiger charge is -1.76. The van der Waals surface area contributed by atoms with Crippen LogP contribution in [0.25, 0.3) is 0 Å². The van der Waals surface area contributed by atoms with E-state index < -0.39 is 0 Å². The van der Waals surface area contributed by atoms with Gasteiger partial charge in [0.1, 0.15) is 0 Å². The lowest BCUT2D eigenvalue weighted by Crippen LogP contribution is -2.05. The highest BCUT2D eigenvalue weighted by molar-refractivity contribution is 7.38. The number of hydrogen-bond donors (Lipinski definition) is 1. The van der Waals surface area contributed by atoms with Crippen LogP contribution in [0.3, 0.4) is 0 Å². The van der Waals surface area contributed by atoms with Gasteiger partial charge in [-0.2, -0.15) is 0 Å². The first-order chi connectivity index (χ1) is 2.50. The monoisotopic (exact) mass is 87.0 g/mol. The lowest BCUT2D eigenvalue weighted by atomic mass is 10.8. The van der Waals surface area contributed by atoms with Gasteiger partial charge in [0.15, 0.2) is 0 Å². The molecular formula is C3H6NP. The van der Waals surface area contributed by atoms with E-state index in [1.165, 1.54) is 14.5 Å². The van der Waals surface area contributed by atoms with Crippen molar-refractivity contribution in [1.82, 2.24) is 5.32 Å². The molecule has 1 rings (SSSR count). The van der Waals surface area contributed by atoms with E-state index >= 15 is 0 Å². The average molecular weight is 87.1 g/mol. The highest BCUT2D eigenvalue weighted by atomic mass is 31.1. The first-order valence-electron chi connectivity index (χ1n) is 1.69. The quantitative estimate of drug-likeness (QED) is 0.419. The molecule has 1 nitrogen and oxygen atoms in total. The van der Waals surface area contributed by atoms with Crippen molar-refractivity contribution in [2.24, 2.45) is 0 Å². The van der Waals surface area contributed by atoms with E-state index in [1.807, 2.05) is 0 Å². The summed E-state index contributed by atoms with van der Waals surface area (Å²) in [6.07, 6.45) is 1.17. The molecule has 1 aliphatic heterocycles. The van der Waals surface area contributed by atoms with Crippen LogP contribution in [0, 0.1) is 0 Å². The highest BCUT2D eigenvalue weighted by Crippen LogP contribution is 1.91. The second-order valence-electron chi connectivity index (χ2n) is 0.977. The van der Waals surface area contributed by atoms with Crippen LogP contribution in [0.4, 0.5) is 0 Å². The maximum absolute atomic E-state index is 3.15. The van der Waals surface area contributed by atoms with Crippen molar-refractivity contribution >= 4 is 14.0 Å². The molecule has 0 fully saturated rings. The number of hydrogen-bond acceptors (Lipinski definition) is 1. The summed E-state index contributed by atoms with van der Waals surface area (Å²) in [4.78, 5) is 0. The van der Waals surface area contributed by atoms with Gasteiger partial charge in [0, 0.05) is 12.8 Å². The molecular weight excluding hydrogens is 81.0 g/mol. The van der Waals surface area contributed by atoms with Crippen molar-refractivity contribution in [1.29, 1.82) is 0 Å². The van der Waals surface area contributed by atoms with Crippen LogP contribution >= 0.6 is 8.20 Å². The van der Waals surface area contributed by atoms with Crippen molar-refractivity contribution in [3.8, 4) is 0 Å². The van der Waals surface area contributed by atoms with Crippen molar-refractivity contribution in [3.63, 3.8) is 0 Å². The largest absolute Gasteiger partial charge is 0.305 e. The highest BCUT2D eigenvalue weighted by Gasteiger charge is 1.82. The summed E-state index contributed by atoms with van der Waals surface area (Å²) in [5.41, 5.74) is 0. The van der Waals surface area contributed by atoms with Gasteiger partial charge in [0.05, 0.1) is 0 Å². The Bertz CT molecular complexity index is 44.9. The van der Waals surface area contributed by atoms with Crippen molar-refractivity contribution in [3.05, 3.63) is 0 Å². The maximum Gasteiger partial charge on any atom is 0.0377 e. The van der Waals surface area contributed by atoms with Gasteiger partial charge in [-0.05, 0) is 5.80 Å². The summed E-state index contributed by atoms with van der Waals surface area (Å²) in [6.45, 7) is 1.11. The summed E-state index contributed by atoms with van der Waals surface area (Å²) in [5.74, 6) is 2.22. The van der Waals surface area contributed by atoms with Crippen LogP contribution in [-0.4, -0.2) is 18.6 Å². The number of rotatable bonds is 0. The zero-order valence-electron chi connectivity index (χ0n) is 2.94. The van der Waals surface area contributed by atoms with Crippen molar-refractivity contribution in [2.45, 2.75) is 0 Å². The SMILES string of the molecule is C1=PCNC1. The van der Waals surface area contributed by atoms with E-state index in [9.17, 15) is 0 Å². The smallest absolute Gasteiger partial charge is 0.0377 e. The predicted molar refractivity (Wildman–Crippen MR) is 25.9 cm³/mol. The number of nitrogens with one attached hydrogen (secondary N) is 1. The van der Waals surface area contributed by atoms with Gasteiger partial charge in [-0.25, -0.2) is 0 Å². The topological polar surface area (TPSA) is 12.0 Å². The standard InChI is InChI=1S/C3H6NP/c1-2-5-3-4-1/h2,4H,1,3H2. The summed E-state index contributed by atoms with van der Waals surface area (Å²) >= 11 is 0. The molecule has 2 heteroatoms. The summed E-state index contributed by atoms with van der Waals surface area (Å²) in [7, 11) is 1.46. The molecule has 0 saturated carbocycles. The van der Waals surface area contributed by atoms with Gasteiger partial charge < -0.3 is 5.32 Å². The van der Waals surface area contributed by atoms with Gasteiger partial charge in [-0.3, -0.25) is 0 Å². The van der Waals surface area contributed by atoms with Crippen LogP contribution in [0.15, 0.2) is 0 Å². The lowest BCUT2D eigenvalue weighted by molar-refractivity contribution is 0.944. The fraction of sp³-hybridized carbons (Fsp3) is 0.667. The van der Waals surface area contributed by atoms with Gasteiger partial charge >= 0.3 is 0 Å². The molecule has 5 heavy (non-hydrogen) atoms. The molecule has 1 heterocycles. The minimum atomic E-state index is 1.11. The molecule has 0 aliphatic carbocycles. The van der Waals surface area contributed by atoms with E-state index in [-0.39, 0.29) is 0 Å².